The lowest BCUT2D eigenvalue weighted by Gasteiger charge is -2.09. The second-order valence-electron chi connectivity index (χ2n) is 3.78. The number of hydrogen-bond acceptors (Lipinski definition) is 3. The molecule has 74 valence electrons. The topological polar surface area (TPSA) is 50.4 Å². The fourth-order valence-electron chi connectivity index (χ4n) is 1.44. The molecule has 1 atom stereocenters. The second-order valence-corrected chi connectivity index (χ2v) is 3.78. The maximum absolute atomic E-state index is 11.2. The van der Waals surface area contributed by atoms with Gasteiger partial charge in [0, 0.05) is 18.7 Å². The Hall–Kier alpha value is -0.610. The van der Waals surface area contributed by atoms with Gasteiger partial charge in [-0.25, -0.2) is 0 Å². The van der Waals surface area contributed by atoms with Crippen molar-refractivity contribution in [2.75, 3.05) is 19.8 Å². The molecule has 0 aromatic heterocycles. The number of rotatable bonds is 4. The third-order valence-corrected chi connectivity index (χ3v) is 2.42. The Morgan fingerprint density at radius 1 is 1.31 bits per heavy atom. The first kappa shape index (κ1) is 8.97. The summed E-state index contributed by atoms with van der Waals surface area (Å²) < 4.78 is 5.19. The average molecular weight is 184 g/mol. The highest BCUT2D eigenvalue weighted by Crippen LogP contribution is 2.18. The minimum atomic E-state index is 0.120. The van der Waals surface area contributed by atoms with Crippen molar-refractivity contribution >= 4 is 5.91 Å². The Morgan fingerprint density at radius 3 is 2.77 bits per heavy atom. The summed E-state index contributed by atoms with van der Waals surface area (Å²) in [4.78, 5) is 11.2. The summed E-state index contributed by atoms with van der Waals surface area (Å²) in [5, 5.41) is 6.11. The molecule has 13 heavy (non-hydrogen) atoms. The van der Waals surface area contributed by atoms with Gasteiger partial charge in [-0.3, -0.25) is 4.79 Å². The van der Waals surface area contributed by atoms with E-state index in [1.54, 1.807) is 0 Å². The van der Waals surface area contributed by atoms with E-state index in [2.05, 4.69) is 10.6 Å². The first-order chi connectivity index (χ1) is 6.34. The van der Waals surface area contributed by atoms with E-state index in [-0.39, 0.29) is 5.91 Å². The first-order valence-corrected chi connectivity index (χ1v) is 4.95. The predicted molar refractivity (Wildman–Crippen MR) is 48.4 cm³/mol. The smallest absolute Gasteiger partial charge is 0.234 e. The highest BCUT2D eigenvalue weighted by Gasteiger charge is 2.23. The molecular weight excluding hydrogens is 168 g/mol. The van der Waals surface area contributed by atoms with E-state index in [0.717, 1.165) is 32.5 Å². The highest BCUT2D eigenvalue weighted by molar-refractivity contribution is 5.78. The Kier molecular flexibility index (Phi) is 2.80. The van der Waals surface area contributed by atoms with Gasteiger partial charge >= 0.3 is 0 Å². The average Bonchev–Trinajstić information content (AvgIpc) is 2.78. The monoisotopic (exact) mass is 184 g/mol. The van der Waals surface area contributed by atoms with E-state index in [0.29, 0.717) is 18.6 Å². The van der Waals surface area contributed by atoms with E-state index >= 15 is 0 Å². The molecule has 0 spiro atoms. The van der Waals surface area contributed by atoms with Crippen molar-refractivity contribution in [3.63, 3.8) is 0 Å². The molecule has 1 aliphatic carbocycles. The standard InChI is InChI=1S/C9H16N2O2/c12-9(11-7-1-2-7)5-10-8-3-4-13-6-8/h7-8,10H,1-6H2,(H,11,12). The van der Waals surface area contributed by atoms with Crippen LogP contribution in [0.4, 0.5) is 0 Å². The summed E-state index contributed by atoms with van der Waals surface area (Å²) in [7, 11) is 0. The summed E-state index contributed by atoms with van der Waals surface area (Å²) >= 11 is 0. The van der Waals surface area contributed by atoms with Crippen LogP contribution in [-0.2, 0) is 9.53 Å². The van der Waals surface area contributed by atoms with Gasteiger partial charge in [0.1, 0.15) is 0 Å². The molecule has 1 heterocycles. The molecule has 1 saturated heterocycles. The molecule has 0 radical (unpaired) electrons. The van der Waals surface area contributed by atoms with Crippen molar-refractivity contribution in [3.8, 4) is 0 Å². The van der Waals surface area contributed by atoms with Crippen LogP contribution in [-0.4, -0.2) is 37.7 Å². The normalized spacial score (nSPS) is 27.5. The SMILES string of the molecule is O=C(CNC1CCOC1)NC1CC1. The van der Waals surface area contributed by atoms with Crippen LogP contribution in [0.3, 0.4) is 0 Å². The molecule has 2 aliphatic rings. The molecular formula is C9H16N2O2. The van der Waals surface area contributed by atoms with Crippen LogP contribution >= 0.6 is 0 Å². The molecule has 2 fully saturated rings. The number of carbonyl (C=O) groups excluding carboxylic acids is 1. The largest absolute Gasteiger partial charge is 0.380 e. The van der Waals surface area contributed by atoms with Gasteiger partial charge in [-0.05, 0) is 19.3 Å². The van der Waals surface area contributed by atoms with E-state index < -0.39 is 0 Å². The van der Waals surface area contributed by atoms with Crippen LogP contribution in [0.15, 0.2) is 0 Å². The first-order valence-electron chi connectivity index (χ1n) is 4.95. The molecule has 0 aromatic rings. The highest BCUT2D eigenvalue weighted by atomic mass is 16.5. The van der Waals surface area contributed by atoms with E-state index in [1.807, 2.05) is 0 Å². The fourth-order valence-corrected chi connectivity index (χ4v) is 1.44. The summed E-state index contributed by atoms with van der Waals surface area (Å²) in [5.74, 6) is 0.120. The third kappa shape index (κ3) is 2.97. The minimum Gasteiger partial charge on any atom is -0.380 e. The van der Waals surface area contributed by atoms with E-state index in [4.69, 9.17) is 4.74 Å². The molecule has 0 bridgehead atoms. The number of hydrogen-bond donors (Lipinski definition) is 2. The quantitative estimate of drug-likeness (QED) is 0.627. The molecule has 4 nitrogen and oxygen atoms in total. The molecule has 0 aromatic carbocycles. The number of carbonyl (C=O) groups is 1. The Bertz CT molecular complexity index is 186. The zero-order chi connectivity index (χ0) is 9.10. The van der Waals surface area contributed by atoms with Crippen molar-refractivity contribution in [2.24, 2.45) is 0 Å². The Labute approximate surface area is 78.0 Å². The van der Waals surface area contributed by atoms with Crippen LogP contribution in [0.5, 0.6) is 0 Å². The molecule has 2 N–H and O–H groups in total. The number of amides is 1. The van der Waals surface area contributed by atoms with Gasteiger partial charge in [0.05, 0.1) is 13.2 Å². The zero-order valence-corrected chi connectivity index (χ0v) is 7.71. The van der Waals surface area contributed by atoms with Gasteiger partial charge in [0.15, 0.2) is 0 Å². The van der Waals surface area contributed by atoms with Gasteiger partial charge in [0.2, 0.25) is 5.91 Å². The lowest BCUT2D eigenvalue weighted by Crippen LogP contribution is -2.40. The van der Waals surface area contributed by atoms with Crippen LogP contribution in [0.2, 0.25) is 0 Å². The maximum atomic E-state index is 11.2. The minimum absolute atomic E-state index is 0.120. The lowest BCUT2D eigenvalue weighted by molar-refractivity contribution is -0.120. The molecule has 4 heteroatoms. The summed E-state index contributed by atoms with van der Waals surface area (Å²) in [5.41, 5.74) is 0. The van der Waals surface area contributed by atoms with Crippen molar-refractivity contribution in [1.29, 1.82) is 0 Å². The van der Waals surface area contributed by atoms with Crippen LogP contribution in [0.25, 0.3) is 0 Å². The molecule has 1 aliphatic heterocycles. The number of nitrogens with one attached hydrogen (secondary N) is 2. The van der Waals surface area contributed by atoms with Gasteiger partial charge in [-0.2, -0.15) is 0 Å². The van der Waals surface area contributed by atoms with Gasteiger partial charge in [-0.1, -0.05) is 0 Å². The molecule has 1 saturated carbocycles. The Morgan fingerprint density at radius 2 is 2.15 bits per heavy atom. The second kappa shape index (κ2) is 4.07. The van der Waals surface area contributed by atoms with Crippen LogP contribution in [0, 0.1) is 0 Å². The van der Waals surface area contributed by atoms with Crippen molar-refractivity contribution in [3.05, 3.63) is 0 Å². The summed E-state index contributed by atoms with van der Waals surface area (Å²) in [6.07, 6.45) is 3.33. The van der Waals surface area contributed by atoms with Crippen LogP contribution < -0.4 is 10.6 Å². The van der Waals surface area contributed by atoms with Gasteiger partial charge < -0.3 is 15.4 Å². The zero-order valence-electron chi connectivity index (χ0n) is 7.71. The summed E-state index contributed by atoms with van der Waals surface area (Å²) in [6, 6.07) is 0.846. The Balaban J connectivity index is 1.57. The van der Waals surface area contributed by atoms with Gasteiger partial charge in [-0.15, -0.1) is 0 Å². The van der Waals surface area contributed by atoms with Gasteiger partial charge in [0.25, 0.3) is 0 Å². The fraction of sp³-hybridized carbons (Fsp3) is 0.889. The molecule has 1 amide bonds. The molecule has 1 unspecified atom stereocenters. The van der Waals surface area contributed by atoms with E-state index in [1.165, 1.54) is 0 Å². The summed E-state index contributed by atoms with van der Waals surface area (Å²) in [6.45, 7) is 2.00. The van der Waals surface area contributed by atoms with Crippen molar-refractivity contribution < 1.29 is 9.53 Å². The molecule has 2 rings (SSSR count). The van der Waals surface area contributed by atoms with E-state index in [9.17, 15) is 4.79 Å². The third-order valence-electron chi connectivity index (χ3n) is 2.42. The lowest BCUT2D eigenvalue weighted by atomic mass is 10.2. The maximum Gasteiger partial charge on any atom is 0.234 e. The van der Waals surface area contributed by atoms with Crippen LogP contribution in [0.1, 0.15) is 19.3 Å². The van der Waals surface area contributed by atoms with Crippen molar-refractivity contribution in [1.82, 2.24) is 10.6 Å². The number of ether oxygens (including phenoxy) is 1. The predicted octanol–water partition coefficient (Wildman–Crippen LogP) is -0.356. The van der Waals surface area contributed by atoms with Crippen molar-refractivity contribution in [2.45, 2.75) is 31.3 Å².